The van der Waals surface area contributed by atoms with Gasteiger partial charge in [0.1, 0.15) is 30.8 Å². The molecular formula is C53H86Br6O4. The number of halogens is 6. The summed E-state index contributed by atoms with van der Waals surface area (Å²) in [6.45, 7) is 12.3. The third kappa shape index (κ3) is 27.6. The van der Waals surface area contributed by atoms with Crippen LogP contribution in [-0.4, -0.2) is 49.3 Å². The lowest BCUT2D eigenvalue weighted by Crippen LogP contribution is -2.24. The molecule has 2 unspecified atom stereocenters. The Labute approximate surface area is 437 Å². The first-order valence-electron chi connectivity index (χ1n) is 25.2. The first-order chi connectivity index (χ1) is 30.5. The largest absolute Gasteiger partial charge is 0.490 e. The van der Waals surface area contributed by atoms with E-state index in [2.05, 4.69) is 148 Å². The van der Waals surface area contributed by atoms with Crippen molar-refractivity contribution in [3.63, 3.8) is 0 Å². The van der Waals surface area contributed by atoms with E-state index in [9.17, 15) is 0 Å². The summed E-state index contributed by atoms with van der Waals surface area (Å²) in [7, 11) is 0. The zero-order chi connectivity index (χ0) is 46.0. The van der Waals surface area contributed by atoms with E-state index < -0.39 is 0 Å². The Morgan fingerprint density at radius 2 is 0.762 bits per heavy atom. The molecule has 0 aliphatic heterocycles. The molecule has 2 aromatic rings. The highest BCUT2D eigenvalue weighted by Crippen LogP contribution is 2.44. The van der Waals surface area contributed by atoms with Crippen LogP contribution in [0.25, 0.3) is 0 Å². The highest BCUT2D eigenvalue weighted by Gasteiger charge is 2.28. The maximum absolute atomic E-state index is 6.35. The minimum atomic E-state index is -0.304. The van der Waals surface area contributed by atoms with Crippen LogP contribution in [-0.2, 0) is 14.9 Å². The molecule has 364 valence electrons. The molecule has 0 aliphatic rings. The van der Waals surface area contributed by atoms with Crippen molar-refractivity contribution in [2.45, 2.75) is 224 Å². The van der Waals surface area contributed by atoms with Crippen molar-refractivity contribution in [1.29, 1.82) is 0 Å². The van der Waals surface area contributed by atoms with Crippen molar-refractivity contribution in [3.05, 3.63) is 53.3 Å². The van der Waals surface area contributed by atoms with Crippen LogP contribution in [0.1, 0.15) is 219 Å². The van der Waals surface area contributed by atoms with Crippen molar-refractivity contribution in [2.24, 2.45) is 0 Å². The molecule has 0 aromatic heterocycles. The number of hydrogen-bond donors (Lipinski definition) is 0. The summed E-state index contributed by atoms with van der Waals surface area (Å²) >= 11 is 22.7. The minimum absolute atomic E-state index is 0.0107. The monoisotopic (exact) mass is 1260 g/mol. The zero-order valence-electron chi connectivity index (χ0n) is 39.9. The van der Waals surface area contributed by atoms with Gasteiger partial charge in [0.05, 0.1) is 29.3 Å². The second-order valence-electron chi connectivity index (χ2n) is 18.3. The molecule has 2 rings (SSSR count). The van der Waals surface area contributed by atoms with Gasteiger partial charge < -0.3 is 18.9 Å². The van der Waals surface area contributed by atoms with Crippen LogP contribution >= 0.6 is 95.6 Å². The first-order valence-corrected chi connectivity index (χ1v) is 30.4. The van der Waals surface area contributed by atoms with Crippen molar-refractivity contribution in [2.75, 3.05) is 38.4 Å². The fourth-order valence-electron chi connectivity index (χ4n) is 7.98. The second-order valence-corrected chi connectivity index (χ2v) is 23.7. The van der Waals surface area contributed by atoms with Gasteiger partial charge in [-0.3, -0.25) is 0 Å². The highest BCUT2D eigenvalue weighted by molar-refractivity contribution is 9.11. The van der Waals surface area contributed by atoms with Crippen molar-refractivity contribution in [3.8, 4) is 11.5 Å². The van der Waals surface area contributed by atoms with Gasteiger partial charge in [0.2, 0.25) is 0 Å². The third-order valence-electron chi connectivity index (χ3n) is 12.2. The fraction of sp³-hybridized carbons (Fsp3) is 0.774. The molecule has 63 heavy (non-hydrogen) atoms. The molecule has 0 radical (unpaired) electrons. The lowest BCUT2D eigenvalue weighted by Gasteiger charge is -2.28. The standard InChI is InChI=1S/C53H86Br6O4/c1-5-7-9-11-13-15-17-19-21-23-25-27-29-31-33-60-40-45(55)41-62-51-47(56)35-43(36-48(51)57)53(3,4)44-37-49(58)52(50(59)38-44)63-42-46(39-54)61-34-32-30-28-26-24-22-20-18-16-14-12-10-8-6-2/h35-38,45-46H,5-34,39-42H2,1-4H3. The fourth-order valence-corrected chi connectivity index (χ4v) is 11.5. The summed E-state index contributed by atoms with van der Waals surface area (Å²) in [4.78, 5) is 0.111. The molecule has 10 heteroatoms. The highest BCUT2D eigenvalue weighted by atomic mass is 79.9. The zero-order valence-corrected chi connectivity index (χ0v) is 49.4. The Morgan fingerprint density at radius 1 is 0.444 bits per heavy atom. The van der Waals surface area contributed by atoms with Gasteiger partial charge in [-0.05, 0) is 112 Å². The van der Waals surface area contributed by atoms with E-state index in [4.69, 9.17) is 18.9 Å². The van der Waals surface area contributed by atoms with E-state index >= 15 is 0 Å². The van der Waals surface area contributed by atoms with Crippen LogP contribution in [0.4, 0.5) is 0 Å². The van der Waals surface area contributed by atoms with Gasteiger partial charge in [-0.2, -0.15) is 0 Å². The Bertz CT molecular complexity index is 1380. The average molecular weight is 1270 g/mol. The number of rotatable bonds is 42. The van der Waals surface area contributed by atoms with Crippen molar-refractivity contribution >= 4 is 95.6 Å². The Hall–Kier alpha value is 0.840. The molecule has 0 N–H and O–H groups in total. The molecule has 0 heterocycles. The maximum Gasteiger partial charge on any atom is 0.147 e. The van der Waals surface area contributed by atoms with Gasteiger partial charge in [0, 0.05) is 24.0 Å². The molecule has 0 amide bonds. The lowest BCUT2D eigenvalue weighted by molar-refractivity contribution is 0.0335. The Balaban J connectivity index is 1.68. The molecule has 0 fully saturated rings. The van der Waals surface area contributed by atoms with Crippen LogP contribution < -0.4 is 9.47 Å². The topological polar surface area (TPSA) is 36.9 Å². The number of ether oxygens (including phenoxy) is 4. The molecule has 2 atom stereocenters. The predicted octanol–water partition coefficient (Wildman–Crippen LogP) is 20.3. The minimum Gasteiger partial charge on any atom is -0.490 e. The second kappa shape index (κ2) is 38.7. The summed E-state index contributed by atoms with van der Waals surface area (Å²) in [6.07, 6.45) is 38.2. The van der Waals surface area contributed by atoms with E-state index in [0.29, 0.717) is 19.8 Å². The molecule has 0 spiro atoms. The van der Waals surface area contributed by atoms with Crippen LogP contribution in [0.2, 0.25) is 0 Å². The summed E-state index contributed by atoms with van der Waals surface area (Å²) in [6, 6.07) is 8.66. The number of alkyl halides is 2. The van der Waals surface area contributed by atoms with E-state index in [1.165, 1.54) is 167 Å². The third-order valence-corrected chi connectivity index (χ3v) is 15.8. The van der Waals surface area contributed by atoms with E-state index in [1.807, 2.05) is 0 Å². The SMILES string of the molecule is CCCCCCCCCCCCCCCCOCC(Br)COc1c(Br)cc(C(C)(C)c2cc(Br)c(OCC(CBr)OCCCCCCCCCCCCCCCC)c(Br)c2)cc1Br. The van der Waals surface area contributed by atoms with Crippen LogP contribution in [0.15, 0.2) is 42.2 Å². The summed E-state index contributed by atoms with van der Waals surface area (Å²) < 4.78 is 28.5. The molecule has 0 aliphatic carbocycles. The maximum atomic E-state index is 6.35. The van der Waals surface area contributed by atoms with Gasteiger partial charge in [0.25, 0.3) is 0 Å². The quantitative estimate of drug-likeness (QED) is 0.0490. The van der Waals surface area contributed by atoms with Gasteiger partial charge in [-0.15, -0.1) is 0 Å². The first kappa shape index (κ1) is 60.0. The van der Waals surface area contributed by atoms with Crippen LogP contribution in [0.3, 0.4) is 0 Å². The lowest BCUT2D eigenvalue weighted by atomic mass is 9.78. The average Bonchev–Trinajstić information content (AvgIpc) is 3.26. The van der Waals surface area contributed by atoms with Gasteiger partial charge in [-0.1, -0.05) is 226 Å². The van der Waals surface area contributed by atoms with Crippen molar-refractivity contribution in [1.82, 2.24) is 0 Å². The smallest absolute Gasteiger partial charge is 0.147 e. The molecule has 0 saturated carbocycles. The van der Waals surface area contributed by atoms with E-state index in [1.54, 1.807) is 0 Å². The summed E-state index contributed by atoms with van der Waals surface area (Å²) in [5, 5.41) is 0.735. The van der Waals surface area contributed by atoms with Gasteiger partial charge in [-0.25, -0.2) is 0 Å². The molecule has 0 bridgehead atoms. The number of hydrogen-bond acceptors (Lipinski definition) is 4. The number of benzene rings is 2. The number of unbranched alkanes of at least 4 members (excludes halogenated alkanes) is 26. The normalized spacial score (nSPS) is 12.9. The van der Waals surface area contributed by atoms with Gasteiger partial charge >= 0.3 is 0 Å². The van der Waals surface area contributed by atoms with E-state index in [-0.39, 0.29) is 16.3 Å². The van der Waals surface area contributed by atoms with Crippen molar-refractivity contribution < 1.29 is 18.9 Å². The molecule has 4 nitrogen and oxygen atoms in total. The van der Waals surface area contributed by atoms with Crippen LogP contribution in [0.5, 0.6) is 11.5 Å². The Kier molecular flexibility index (Phi) is 36.8. The van der Waals surface area contributed by atoms with Crippen LogP contribution in [0, 0.1) is 0 Å². The molecule has 0 saturated heterocycles. The summed E-state index contributed by atoms with van der Waals surface area (Å²) in [5.41, 5.74) is 2.01. The van der Waals surface area contributed by atoms with E-state index in [0.717, 1.165) is 71.9 Å². The van der Waals surface area contributed by atoms with Gasteiger partial charge in [0.15, 0.2) is 0 Å². The molecule has 2 aromatic carbocycles. The summed E-state index contributed by atoms with van der Waals surface area (Å²) in [5.74, 6) is 1.59. The Morgan fingerprint density at radius 3 is 1.11 bits per heavy atom. The predicted molar refractivity (Wildman–Crippen MR) is 294 cm³/mol. The molecular weight excluding hydrogens is 1180 g/mol.